The van der Waals surface area contributed by atoms with Gasteiger partial charge in [0.25, 0.3) is 5.91 Å². The molecule has 0 unspecified atom stereocenters. The summed E-state index contributed by atoms with van der Waals surface area (Å²) in [6.45, 7) is 1.71. The largest absolute Gasteiger partial charge is 0.491 e. The van der Waals surface area contributed by atoms with Crippen LogP contribution in [-0.2, 0) is 16.8 Å². The maximum Gasteiger partial charge on any atom is 0.424 e. The van der Waals surface area contributed by atoms with Gasteiger partial charge in [-0.15, -0.1) is 0 Å². The van der Waals surface area contributed by atoms with Gasteiger partial charge in [0.1, 0.15) is 28.6 Å². The molecule has 2 heterocycles. The first-order chi connectivity index (χ1) is 16.9. The number of nitrogens with one attached hydrogen (secondary N) is 1. The number of aliphatic hydroxyl groups is 1. The minimum absolute atomic E-state index is 0.0542. The van der Waals surface area contributed by atoms with Gasteiger partial charge in [0.15, 0.2) is 0 Å². The summed E-state index contributed by atoms with van der Waals surface area (Å²) in [6, 6.07) is 5.46. The number of halogens is 4. The Hall–Kier alpha value is -4.00. The monoisotopic (exact) mass is 510 g/mol. The molecule has 0 spiro atoms. The average molecular weight is 510 g/mol. The van der Waals surface area contributed by atoms with E-state index in [0.29, 0.717) is 0 Å². The van der Waals surface area contributed by atoms with E-state index in [1.54, 1.807) is 6.92 Å². The highest BCUT2D eigenvalue weighted by Crippen LogP contribution is 2.42. The molecular formula is C23H22F4N4O5. The van der Waals surface area contributed by atoms with E-state index in [1.807, 2.05) is 5.32 Å². The summed E-state index contributed by atoms with van der Waals surface area (Å²) >= 11 is 0. The first-order valence-electron chi connectivity index (χ1n) is 10.6. The molecule has 0 aliphatic carbocycles. The Morgan fingerprint density at radius 3 is 2.42 bits per heavy atom. The number of nitrogens with zero attached hydrogens (tertiary/aromatic N) is 2. The zero-order valence-corrected chi connectivity index (χ0v) is 19.1. The molecule has 0 radical (unpaired) electrons. The number of rotatable bonds is 9. The summed E-state index contributed by atoms with van der Waals surface area (Å²) in [5.74, 6) is -2.46. The fraction of sp³-hybridized carbons (Fsp3) is 0.304. The molecule has 0 saturated carbocycles. The van der Waals surface area contributed by atoms with Gasteiger partial charge in [0, 0.05) is 11.1 Å². The van der Waals surface area contributed by atoms with Crippen LogP contribution in [0.3, 0.4) is 0 Å². The summed E-state index contributed by atoms with van der Waals surface area (Å²) in [4.78, 5) is 28.1. The van der Waals surface area contributed by atoms with Gasteiger partial charge in [-0.3, -0.25) is 9.59 Å². The number of aryl methyl sites for hydroxylation is 1. The van der Waals surface area contributed by atoms with E-state index in [9.17, 15) is 32.3 Å². The summed E-state index contributed by atoms with van der Waals surface area (Å²) < 4.78 is 66.5. The Bertz CT molecular complexity index is 1260. The number of pyridine rings is 1. The van der Waals surface area contributed by atoms with Crippen LogP contribution in [0.2, 0.25) is 0 Å². The molecule has 192 valence electrons. The predicted molar refractivity (Wildman–Crippen MR) is 117 cm³/mol. The molecular weight excluding hydrogens is 488 g/mol. The molecule has 3 rings (SSSR count). The molecule has 0 saturated heterocycles. The summed E-state index contributed by atoms with van der Waals surface area (Å²) in [5.41, 5.74) is 0.418. The lowest BCUT2D eigenvalue weighted by atomic mass is 9.93. The molecule has 9 nitrogen and oxygen atoms in total. The third kappa shape index (κ3) is 5.46. The van der Waals surface area contributed by atoms with E-state index in [-0.39, 0.29) is 40.5 Å². The second kappa shape index (κ2) is 10.3. The smallest absolute Gasteiger partial charge is 0.424 e. The van der Waals surface area contributed by atoms with Gasteiger partial charge in [0.05, 0.1) is 31.5 Å². The van der Waals surface area contributed by atoms with Crippen LogP contribution < -0.4 is 15.8 Å². The molecule has 2 aromatic heterocycles. The van der Waals surface area contributed by atoms with E-state index >= 15 is 0 Å². The van der Waals surface area contributed by atoms with Crippen molar-refractivity contribution in [3.05, 3.63) is 64.9 Å². The molecule has 0 fully saturated rings. The van der Waals surface area contributed by atoms with Gasteiger partial charge in [-0.25, -0.2) is 9.37 Å². The molecule has 0 aliphatic rings. The second-order valence-corrected chi connectivity index (χ2v) is 7.76. The lowest BCUT2D eigenvalue weighted by Gasteiger charge is -2.31. The summed E-state index contributed by atoms with van der Waals surface area (Å²) in [7, 11) is 0. The van der Waals surface area contributed by atoms with E-state index in [4.69, 9.17) is 15.0 Å². The lowest BCUT2D eigenvalue weighted by molar-refractivity contribution is -0.265. The number of carbonyl (C=O) groups is 2. The highest BCUT2D eigenvalue weighted by Gasteiger charge is 2.56. The number of ether oxygens (including phenoxy) is 1. The van der Waals surface area contributed by atoms with Crippen molar-refractivity contribution >= 4 is 11.8 Å². The van der Waals surface area contributed by atoms with Gasteiger partial charge < -0.3 is 25.4 Å². The van der Waals surface area contributed by atoms with Crippen molar-refractivity contribution in [2.75, 3.05) is 13.2 Å². The standard InChI is InChI=1S/C23H22F4N4O5/c1-3-35-20-14(9-18(28)32)8-17(31-19(20)13-4-6-15(24)7-5-13)22(34,23(25,26)27)11-29-21(33)16-10-30-36-12(16)2/h4-8,10,34H,3,9,11H2,1-2H3,(H2,28,32)(H,29,33)/t22-/m0/s1. The third-order valence-electron chi connectivity index (χ3n) is 5.21. The van der Waals surface area contributed by atoms with Gasteiger partial charge in [-0.2, -0.15) is 13.2 Å². The Kier molecular flexibility index (Phi) is 7.62. The quantitative estimate of drug-likeness (QED) is 0.376. The number of hydrogen-bond acceptors (Lipinski definition) is 7. The minimum Gasteiger partial charge on any atom is -0.491 e. The highest BCUT2D eigenvalue weighted by atomic mass is 19.4. The number of nitrogens with two attached hydrogens (primary N) is 1. The number of alkyl halides is 3. The molecule has 1 aromatic carbocycles. The van der Waals surface area contributed by atoms with E-state index in [0.717, 1.165) is 24.4 Å². The van der Waals surface area contributed by atoms with Gasteiger partial charge in [-0.05, 0) is 44.2 Å². The molecule has 36 heavy (non-hydrogen) atoms. The molecule has 2 amide bonds. The van der Waals surface area contributed by atoms with Gasteiger partial charge in [0.2, 0.25) is 11.5 Å². The molecule has 1 atom stereocenters. The van der Waals surface area contributed by atoms with Crippen molar-refractivity contribution in [3.8, 4) is 17.0 Å². The summed E-state index contributed by atoms with van der Waals surface area (Å²) in [5, 5.41) is 16.3. The zero-order chi connectivity index (χ0) is 26.7. The fourth-order valence-corrected chi connectivity index (χ4v) is 3.38. The van der Waals surface area contributed by atoms with Gasteiger partial charge >= 0.3 is 6.18 Å². The van der Waals surface area contributed by atoms with Crippen molar-refractivity contribution in [1.82, 2.24) is 15.5 Å². The third-order valence-corrected chi connectivity index (χ3v) is 5.21. The Labute approximate surface area is 202 Å². The number of primary amides is 1. The summed E-state index contributed by atoms with van der Waals surface area (Å²) in [6.07, 6.45) is -4.85. The molecule has 3 aromatic rings. The maximum absolute atomic E-state index is 14.2. The van der Waals surface area contributed by atoms with E-state index in [2.05, 4.69) is 10.1 Å². The van der Waals surface area contributed by atoms with Crippen LogP contribution >= 0.6 is 0 Å². The zero-order valence-electron chi connectivity index (χ0n) is 19.1. The lowest BCUT2D eigenvalue weighted by Crippen LogP contribution is -2.51. The van der Waals surface area contributed by atoms with E-state index in [1.165, 1.54) is 19.1 Å². The normalized spacial score (nSPS) is 13.2. The van der Waals surface area contributed by atoms with Crippen molar-refractivity contribution < 1.29 is 41.5 Å². The second-order valence-electron chi connectivity index (χ2n) is 7.76. The van der Waals surface area contributed by atoms with Crippen LogP contribution in [0.4, 0.5) is 17.6 Å². The number of aromatic nitrogens is 2. The van der Waals surface area contributed by atoms with Crippen molar-refractivity contribution in [1.29, 1.82) is 0 Å². The number of hydrogen-bond donors (Lipinski definition) is 3. The number of amides is 2. The van der Waals surface area contributed by atoms with Crippen LogP contribution in [-0.4, -0.2) is 46.4 Å². The van der Waals surface area contributed by atoms with Crippen LogP contribution in [0.25, 0.3) is 11.3 Å². The van der Waals surface area contributed by atoms with Crippen LogP contribution in [0.5, 0.6) is 5.75 Å². The first kappa shape index (κ1) is 26.6. The van der Waals surface area contributed by atoms with Crippen molar-refractivity contribution in [3.63, 3.8) is 0 Å². The van der Waals surface area contributed by atoms with Crippen molar-refractivity contribution in [2.24, 2.45) is 5.73 Å². The minimum atomic E-state index is -5.33. The maximum atomic E-state index is 14.2. The Balaban J connectivity index is 2.17. The highest BCUT2D eigenvalue weighted by molar-refractivity contribution is 5.94. The SMILES string of the molecule is CCOc1c(CC(N)=O)cc([C@@](O)(CNC(=O)c2cnoc2C)C(F)(F)F)nc1-c1ccc(F)cc1. The van der Waals surface area contributed by atoms with Gasteiger partial charge in [-0.1, -0.05) is 5.16 Å². The molecule has 13 heteroatoms. The number of carbonyl (C=O) groups excluding carboxylic acids is 2. The topological polar surface area (TPSA) is 141 Å². The predicted octanol–water partition coefficient (Wildman–Crippen LogP) is 2.79. The van der Waals surface area contributed by atoms with Crippen LogP contribution in [0.1, 0.15) is 34.3 Å². The Morgan fingerprint density at radius 1 is 1.22 bits per heavy atom. The number of benzene rings is 1. The first-order valence-corrected chi connectivity index (χ1v) is 10.6. The fourth-order valence-electron chi connectivity index (χ4n) is 3.38. The molecule has 0 aliphatic heterocycles. The molecule has 0 bridgehead atoms. The Morgan fingerprint density at radius 2 is 1.89 bits per heavy atom. The van der Waals surface area contributed by atoms with Crippen molar-refractivity contribution in [2.45, 2.75) is 32.0 Å². The molecule has 4 N–H and O–H groups in total. The van der Waals surface area contributed by atoms with Crippen LogP contribution in [0, 0.1) is 12.7 Å². The average Bonchev–Trinajstić information content (AvgIpc) is 3.23. The van der Waals surface area contributed by atoms with E-state index < -0.39 is 48.1 Å². The van der Waals surface area contributed by atoms with Crippen LogP contribution in [0.15, 0.2) is 41.1 Å².